The molecule has 1 amide bonds. The number of halogens is 2. The minimum atomic E-state index is -2.62. The molecule has 2 aromatic heterocycles. The second-order valence-electron chi connectivity index (χ2n) is 6.61. The van der Waals surface area contributed by atoms with E-state index in [0.29, 0.717) is 13.1 Å². The van der Waals surface area contributed by atoms with Gasteiger partial charge in [-0.05, 0) is 22.8 Å². The highest BCUT2D eigenvalue weighted by molar-refractivity contribution is 6.00. The molecule has 8 heteroatoms. The Bertz CT molecular complexity index is 1000. The molecule has 0 spiro atoms. The molecule has 0 saturated heterocycles. The number of nitrogens with zero attached hydrogens (tertiary/aromatic N) is 4. The lowest BCUT2D eigenvalue weighted by atomic mass is 10.1. The van der Waals surface area contributed by atoms with Crippen LogP contribution in [0.2, 0.25) is 0 Å². The first kappa shape index (κ1) is 18.1. The van der Waals surface area contributed by atoms with Crippen molar-refractivity contribution in [3.8, 4) is 17.0 Å². The molecule has 0 aliphatic carbocycles. The number of pyridine rings is 1. The van der Waals surface area contributed by atoms with E-state index in [4.69, 9.17) is 4.74 Å². The zero-order chi connectivity index (χ0) is 19.7. The zero-order valence-corrected chi connectivity index (χ0v) is 15.2. The summed E-state index contributed by atoms with van der Waals surface area (Å²) in [5.41, 5.74) is 4.04. The number of carbonyl (C=O) groups excluding carboxylic acids is 1. The first-order chi connectivity index (χ1) is 13.5. The van der Waals surface area contributed by atoms with Crippen LogP contribution in [-0.4, -0.2) is 38.6 Å². The van der Waals surface area contributed by atoms with E-state index in [1.54, 1.807) is 21.8 Å². The van der Waals surface area contributed by atoms with Gasteiger partial charge in [-0.25, -0.2) is 13.8 Å². The Morgan fingerprint density at radius 2 is 1.96 bits per heavy atom. The Labute approximate surface area is 160 Å². The molecule has 6 nitrogen and oxygen atoms in total. The summed E-state index contributed by atoms with van der Waals surface area (Å²) in [6, 6.07) is 9.61. The van der Waals surface area contributed by atoms with Gasteiger partial charge in [0.2, 0.25) is 5.88 Å². The number of aromatic nitrogens is 3. The molecular weight excluding hydrogens is 366 g/mol. The third-order valence-electron chi connectivity index (χ3n) is 4.58. The minimum Gasteiger partial charge on any atom is -0.471 e. The molecular formula is C20H18F2N4O2. The van der Waals surface area contributed by atoms with Crippen LogP contribution in [0.15, 0.2) is 48.9 Å². The smallest absolute Gasteiger partial charge is 0.272 e. The average Bonchev–Trinajstić information content (AvgIpc) is 3.25. The van der Waals surface area contributed by atoms with Crippen molar-refractivity contribution in [3.63, 3.8) is 0 Å². The van der Waals surface area contributed by atoms with Crippen LogP contribution < -0.4 is 4.74 Å². The average molecular weight is 384 g/mol. The number of hydrogen-bond acceptors (Lipinski definition) is 4. The Hall–Kier alpha value is -3.29. The third kappa shape index (κ3) is 3.58. The highest BCUT2D eigenvalue weighted by atomic mass is 19.3. The predicted molar refractivity (Wildman–Crippen MR) is 98.0 cm³/mol. The van der Waals surface area contributed by atoms with Gasteiger partial charge in [0.05, 0.1) is 6.20 Å². The summed E-state index contributed by atoms with van der Waals surface area (Å²) < 4.78 is 31.6. The predicted octanol–water partition coefficient (Wildman–Crippen LogP) is 3.28. The number of ether oxygens (including phenoxy) is 1. The van der Waals surface area contributed by atoms with Gasteiger partial charge in [0, 0.05) is 38.1 Å². The van der Waals surface area contributed by atoms with Crippen LogP contribution in [0.3, 0.4) is 0 Å². The molecule has 3 aromatic rings. The zero-order valence-electron chi connectivity index (χ0n) is 15.2. The molecule has 0 N–H and O–H groups in total. The monoisotopic (exact) mass is 384 g/mol. The lowest BCUT2D eigenvalue weighted by Crippen LogP contribution is -2.23. The number of benzene rings is 1. The van der Waals surface area contributed by atoms with Gasteiger partial charge in [-0.1, -0.05) is 24.3 Å². The van der Waals surface area contributed by atoms with Crippen LogP contribution >= 0.6 is 0 Å². The molecule has 144 valence electrons. The number of fused-ring (bicyclic) bond motifs is 1. The van der Waals surface area contributed by atoms with Gasteiger partial charge in [0.25, 0.3) is 12.3 Å². The van der Waals surface area contributed by atoms with Crippen molar-refractivity contribution in [2.24, 2.45) is 7.05 Å². The van der Waals surface area contributed by atoms with E-state index in [0.717, 1.165) is 22.3 Å². The Morgan fingerprint density at radius 1 is 1.18 bits per heavy atom. The van der Waals surface area contributed by atoms with Gasteiger partial charge in [-0.2, -0.15) is 5.10 Å². The third-order valence-corrected chi connectivity index (χ3v) is 4.58. The van der Waals surface area contributed by atoms with Crippen molar-refractivity contribution < 1.29 is 18.3 Å². The van der Waals surface area contributed by atoms with Gasteiger partial charge >= 0.3 is 0 Å². The maximum absolute atomic E-state index is 12.8. The summed E-state index contributed by atoms with van der Waals surface area (Å²) in [6.45, 7) is 0.0216. The molecule has 0 radical (unpaired) electrons. The fourth-order valence-corrected chi connectivity index (χ4v) is 3.25. The van der Waals surface area contributed by atoms with Crippen molar-refractivity contribution in [2.45, 2.75) is 19.5 Å². The van der Waals surface area contributed by atoms with E-state index >= 15 is 0 Å². The largest absolute Gasteiger partial charge is 0.471 e. The molecule has 0 unspecified atom stereocenters. The Morgan fingerprint density at radius 3 is 2.64 bits per heavy atom. The van der Waals surface area contributed by atoms with E-state index in [2.05, 4.69) is 10.1 Å². The van der Waals surface area contributed by atoms with Crippen molar-refractivity contribution in [1.82, 2.24) is 19.7 Å². The lowest BCUT2D eigenvalue weighted by Gasteiger charge is -2.16. The van der Waals surface area contributed by atoms with Crippen LogP contribution in [-0.2, 0) is 20.1 Å². The molecule has 0 bridgehead atoms. The standard InChI is InChI=1S/C20H18F2N4O2/c1-25-10-16(8-24-25)14-4-2-13(3-5-14)9-26-11-15-6-7-23-19(18(15)20(26)27)28-12-17(21)22/h2-8,10,17H,9,11-12H2,1H3. The number of alkyl halides is 2. The first-order valence-corrected chi connectivity index (χ1v) is 8.77. The molecule has 4 rings (SSSR count). The maximum atomic E-state index is 12.8. The molecule has 1 aliphatic rings. The lowest BCUT2D eigenvalue weighted by molar-refractivity contribution is 0.0719. The molecule has 0 saturated carbocycles. The number of rotatable bonds is 6. The molecule has 0 fully saturated rings. The van der Waals surface area contributed by atoms with Crippen molar-refractivity contribution >= 4 is 5.91 Å². The molecule has 1 aliphatic heterocycles. The normalized spacial score (nSPS) is 13.3. The van der Waals surface area contributed by atoms with E-state index in [-0.39, 0.29) is 17.4 Å². The summed E-state index contributed by atoms with van der Waals surface area (Å²) in [5, 5.41) is 4.16. The highest BCUT2D eigenvalue weighted by Crippen LogP contribution is 2.30. The topological polar surface area (TPSA) is 60.2 Å². The van der Waals surface area contributed by atoms with Crippen LogP contribution in [0.5, 0.6) is 5.88 Å². The summed E-state index contributed by atoms with van der Waals surface area (Å²) in [7, 11) is 1.86. The number of hydrogen-bond donors (Lipinski definition) is 0. The summed E-state index contributed by atoms with van der Waals surface area (Å²) >= 11 is 0. The van der Waals surface area contributed by atoms with Crippen molar-refractivity contribution in [1.29, 1.82) is 0 Å². The van der Waals surface area contributed by atoms with Crippen LogP contribution in [0.25, 0.3) is 11.1 Å². The first-order valence-electron chi connectivity index (χ1n) is 8.77. The molecule has 0 atom stereocenters. The maximum Gasteiger partial charge on any atom is 0.272 e. The quantitative estimate of drug-likeness (QED) is 0.654. The Kier molecular flexibility index (Phi) is 4.77. The number of amides is 1. The number of aryl methyl sites for hydroxylation is 1. The van der Waals surface area contributed by atoms with E-state index in [9.17, 15) is 13.6 Å². The van der Waals surface area contributed by atoms with Gasteiger partial charge < -0.3 is 9.64 Å². The summed E-state index contributed by atoms with van der Waals surface area (Å²) in [4.78, 5) is 18.4. The summed E-state index contributed by atoms with van der Waals surface area (Å²) in [5.74, 6) is -0.291. The molecule has 1 aromatic carbocycles. The van der Waals surface area contributed by atoms with Crippen molar-refractivity contribution in [2.75, 3.05) is 6.61 Å². The van der Waals surface area contributed by atoms with E-state index in [1.165, 1.54) is 6.20 Å². The SMILES string of the molecule is Cn1cc(-c2ccc(CN3Cc4ccnc(OCC(F)F)c4C3=O)cc2)cn1. The van der Waals surface area contributed by atoms with Gasteiger partial charge in [-0.3, -0.25) is 9.48 Å². The van der Waals surface area contributed by atoms with Crippen LogP contribution in [0.1, 0.15) is 21.5 Å². The molecule has 3 heterocycles. The fraction of sp³-hybridized carbons (Fsp3) is 0.250. The van der Waals surface area contributed by atoms with Crippen LogP contribution in [0.4, 0.5) is 8.78 Å². The number of carbonyl (C=O) groups is 1. The van der Waals surface area contributed by atoms with Gasteiger partial charge in [0.15, 0.2) is 6.61 Å². The molecule has 28 heavy (non-hydrogen) atoms. The fourth-order valence-electron chi connectivity index (χ4n) is 3.25. The van der Waals surface area contributed by atoms with E-state index in [1.807, 2.05) is 37.5 Å². The van der Waals surface area contributed by atoms with Crippen molar-refractivity contribution in [3.05, 3.63) is 65.6 Å². The summed E-state index contributed by atoms with van der Waals surface area (Å²) in [6.07, 6.45) is 2.58. The van der Waals surface area contributed by atoms with E-state index < -0.39 is 13.0 Å². The van der Waals surface area contributed by atoms with Crippen LogP contribution in [0, 0.1) is 0 Å². The van der Waals surface area contributed by atoms with Gasteiger partial charge in [-0.15, -0.1) is 0 Å². The van der Waals surface area contributed by atoms with Gasteiger partial charge in [0.1, 0.15) is 5.56 Å². The second kappa shape index (κ2) is 7.38. The highest BCUT2D eigenvalue weighted by Gasteiger charge is 2.31. The minimum absolute atomic E-state index is 0.0303. The Balaban J connectivity index is 1.48. The second-order valence-corrected chi connectivity index (χ2v) is 6.61.